The number of hydrogen-bond acceptors (Lipinski definition) is 5. The number of fused-ring (bicyclic) bond motifs is 1. The number of amides is 1. The lowest BCUT2D eigenvalue weighted by atomic mass is 10.0. The van der Waals surface area contributed by atoms with E-state index in [2.05, 4.69) is 32.0 Å². The normalized spacial score (nSPS) is 14.3. The molecule has 2 aromatic heterocycles. The summed E-state index contributed by atoms with van der Waals surface area (Å²) >= 11 is 0. The van der Waals surface area contributed by atoms with Gasteiger partial charge in [-0.2, -0.15) is 13.2 Å². The number of imidazole rings is 1. The Hall–Kier alpha value is -3.91. The van der Waals surface area contributed by atoms with Crippen LogP contribution in [0.5, 0.6) is 0 Å². The van der Waals surface area contributed by atoms with Gasteiger partial charge in [-0.05, 0) is 55.3 Å². The number of carbonyl (C=O) groups is 1. The van der Waals surface area contributed by atoms with Crippen LogP contribution < -0.4 is 5.32 Å². The molecule has 1 aliphatic rings. The number of aryl methyl sites for hydroxylation is 1. The van der Waals surface area contributed by atoms with E-state index >= 15 is 0 Å². The minimum absolute atomic E-state index is 0. The smallest absolute Gasteiger partial charge is 0.322 e. The zero-order valence-corrected chi connectivity index (χ0v) is 22.8. The molecule has 0 unspecified atom stereocenters. The van der Waals surface area contributed by atoms with Gasteiger partial charge in [-0.3, -0.25) is 19.1 Å². The van der Waals surface area contributed by atoms with Crippen LogP contribution in [-0.4, -0.2) is 63.3 Å². The van der Waals surface area contributed by atoms with E-state index in [0.29, 0.717) is 35.6 Å². The van der Waals surface area contributed by atoms with Crippen LogP contribution in [0.2, 0.25) is 0 Å². The molecule has 1 fully saturated rings. The zero-order chi connectivity index (χ0) is 27.6. The molecule has 1 saturated heterocycles. The fourth-order valence-corrected chi connectivity index (χ4v) is 4.47. The molecular weight excluding hydrogens is 541 g/mol. The largest absolute Gasteiger partial charge is 0.416 e. The third-order valence-electron chi connectivity index (χ3n) is 6.81. The highest BCUT2D eigenvalue weighted by Gasteiger charge is 2.34. The van der Waals surface area contributed by atoms with Gasteiger partial charge in [0.25, 0.3) is 5.91 Å². The summed E-state index contributed by atoms with van der Waals surface area (Å²) in [5.41, 5.74) is 2.66. The molecule has 0 atom stereocenters. The van der Waals surface area contributed by atoms with Crippen LogP contribution in [0.1, 0.15) is 38.3 Å². The maximum atomic E-state index is 13.9. The van der Waals surface area contributed by atoms with Gasteiger partial charge in [0.2, 0.25) is 0 Å². The van der Waals surface area contributed by atoms with Crippen LogP contribution in [0.3, 0.4) is 0 Å². The summed E-state index contributed by atoms with van der Waals surface area (Å²) in [5.74, 6) is 5.63. The van der Waals surface area contributed by atoms with Crippen molar-refractivity contribution in [2.75, 3.05) is 38.5 Å². The first kappa shape index (κ1) is 29.1. The summed E-state index contributed by atoms with van der Waals surface area (Å²) in [4.78, 5) is 25.5. The van der Waals surface area contributed by atoms with Gasteiger partial charge in [-0.1, -0.05) is 18.1 Å². The minimum atomic E-state index is -4.54. The second kappa shape index (κ2) is 12.1. The van der Waals surface area contributed by atoms with Crippen molar-refractivity contribution in [2.24, 2.45) is 0 Å². The Labute approximate surface area is 236 Å². The number of aromatic nitrogens is 3. The summed E-state index contributed by atoms with van der Waals surface area (Å²) in [5, 5.41) is 2.62. The Balaban J connectivity index is 0.00000370. The summed E-state index contributed by atoms with van der Waals surface area (Å²) in [7, 11) is 2.00. The number of carbonyl (C=O) groups excluding carboxylic acids is 1. The Kier molecular flexibility index (Phi) is 8.79. The van der Waals surface area contributed by atoms with Gasteiger partial charge in [0.15, 0.2) is 5.65 Å². The number of likely N-dealkylation sites (N-methyl/N-ethyl adjacent to an activating group) is 1. The third kappa shape index (κ3) is 6.62. The summed E-state index contributed by atoms with van der Waals surface area (Å²) in [6.45, 7) is 5.13. The van der Waals surface area contributed by atoms with Gasteiger partial charge in [-0.25, -0.2) is 4.98 Å². The predicted octanol–water partition coefficient (Wildman–Crippen LogP) is 4.88. The monoisotopic (exact) mass is 568 g/mol. The van der Waals surface area contributed by atoms with Crippen molar-refractivity contribution in [1.29, 1.82) is 0 Å². The molecule has 40 heavy (non-hydrogen) atoms. The van der Waals surface area contributed by atoms with E-state index in [1.165, 1.54) is 12.1 Å². The lowest BCUT2D eigenvalue weighted by Crippen LogP contribution is -2.44. The number of benzene rings is 2. The average Bonchev–Trinajstić information content (AvgIpc) is 3.33. The highest BCUT2D eigenvalue weighted by atomic mass is 35.5. The van der Waals surface area contributed by atoms with Gasteiger partial charge in [0, 0.05) is 61.9 Å². The Morgan fingerprint density at radius 3 is 2.58 bits per heavy atom. The predicted molar refractivity (Wildman–Crippen MR) is 150 cm³/mol. The molecule has 7 nitrogen and oxygen atoms in total. The molecule has 5 rings (SSSR count). The maximum Gasteiger partial charge on any atom is 0.416 e. The first-order valence-corrected chi connectivity index (χ1v) is 12.5. The highest BCUT2D eigenvalue weighted by Crippen LogP contribution is 2.34. The summed E-state index contributed by atoms with van der Waals surface area (Å²) in [6.07, 6.45) is 2.13. The quantitative estimate of drug-likeness (QED) is 0.356. The first-order chi connectivity index (χ1) is 18.7. The molecule has 2 aromatic carbocycles. The lowest BCUT2D eigenvalue weighted by Gasteiger charge is -2.33. The molecule has 208 valence electrons. The van der Waals surface area contributed by atoms with Gasteiger partial charge in [0.1, 0.15) is 5.69 Å². The number of piperazine rings is 1. The number of nitrogens with zero attached hydrogens (tertiary/aromatic N) is 5. The van der Waals surface area contributed by atoms with E-state index in [4.69, 9.17) is 0 Å². The summed E-state index contributed by atoms with van der Waals surface area (Å²) < 4.78 is 43.6. The van der Waals surface area contributed by atoms with Crippen molar-refractivity contribution < 1.29 is 18.0 Å². The summed E-state index contributed by atoms with van der Waals surface area (Å²) in [6, 6.07) is 9.01. The molecular formula is C29H28ClF3N6O. The van der Waals surface area contributed by atoms with Gasteiger partial charge >= 0.3 is 6.18 Å². The van der Waals surface area contributed by atoms with E-state index in [0.717, 1.165) is 24.7 Å². The van der Waals surface area contributed by atoms with Gasteiger partial charge < -0.3 is 10.2 Å². The van der Waals surface area contributed by atoms with Crippen molar-refractivity contribution in [3.63, 3.8) is 0 Å². The molecule has 3 heterocycles. The third-order valence-corrected chi connectivity index (χ3v) is 6.81. The molecule has 11 heteroatoms. The average molecular weight is 569 g/mol. The molecule has 1 amide bonds. The minimum Gasteiger partial charge on any atom is -0.322 e. The number of rotatable bonds is 4. The molecule has 0 radical (unpaired) electrons. The number of nitrogens with one attached hydrogen (secondary N) is 1. The highest BCUT2D eigenvalue weighted by molar-refractivity contribution is 6.04. The standard InChI is InChI=1S/C29H27F3N6O.ClH/c1-20-3-4-22(15-21(20)6-8-25-17-34-27-18-33-9-10-38(25)27)28(39)35-24-7-5-23(26(16-24)29(30,31)32)19-37-13-11-36(2)12-14-37;/h3-5,7,9-10,15-18H,11-14,19H2,1-2H3,(H,35,39);1H. The molecule has 0 spiro atoms. The SMILES string of the molecule is Cc1ccc(C(=O)Nc2ccc(CN3CCN(C)CC3)c(C(F)(F)F)c2)cc1C#Cc1cnc2cnccn12.Cl. The fourth-order valence-electron chi connectivity index (χ4n) is 4.47. The van der Waals surface area contributed by atoms with E-state index in [-0.39, 0.29) is 30.2 Å². The van der Waals surface area contributed by atoms with Crippen LogP contribution in [0, 0.1) is 18.8 Å². The number of alkyl halides is 3. The number of halogens is 4. The topological polar surface area (TPSA) is 65.8 Å². The second-order valence-corrected chi connectivity index (χ2v) is 9.63. The number of hydrogen-bond donors (Lipinski definition) is 1. The van der Waals surface area contributed by atoms with Crippen molar-refractivity contribution in [3.8, 4) is 11.8 Å². The van der Waals surface area contributed by atoms with Crippen molar-refractivity contribution in [1.82, 2.24) is 24.2 Å². The second-order valence-electron chi connectivity index (χ2n) is 9.63. The fraction of sp³-hybridized carbons (Fsp3) is 0.276. The van der Waals surface area contributed by atoms with Crippen molar-refractivity contribution >= 4 is 29.6 Å². The van der Waals surface area contributed by atoms with E-state index in [1.54, 1.807) is 47.4 Å². The van der Waals surface area contributed by atoms with Crippen LogP contribution in [-0.2, 0) is 12.7 Å². The van der Waals surface area contributed by atoms with Gasteiger partial charge in [-0.15, -0.1) is 12.4 Å². The molecule has 1 aliphatic heterocycles. The van der Waals surface area contributed by atoms with Crippen LogP contribution in [0.25, 0.3) is 5.65 Å². The van der Waals surface area contributed by atoms with Crippen molar-refractivity contribution in [3.05, 3.63) is 94.7 Å². The Bertz CT molecular complexity index is 1580. The number of anilines is 1. The Morgan fingerprint density at radius 2 is 1.82 bits per heavy atom. The van der Waals surface area contributed by atoms with E-state index in [9.17, 15) is 18.0 Å². The van der Waals surface area contributed by atoms with Crippen LogP contribution >= 0.6 is 12.4 Å². The van der Waals surface area contributed by atoms with Crippen molar-refractivity contribution in [2.45, 2.75) is 19.6 Å². The van der Waals surface area contributed by atoms with E-state index in [1.807, 2.05) is 18.9 Å². The Morgan fingerprint density at radius 1 is 1.05 bits per heavy atom. The molecule has 0 saturated carbocycles. The lowest BCUT2D eigenvalue weighted by molar-refractivity contribution is -0.138. The van der Waals surface area contributed by atoms with E-state index < -0.39 is 17.6 Å². The zero-order valence-electron chi connectivity index (χ0n) is 22.0. The molecule has 1 N–H and O–H groups in total. The van der Waals surface area contributed by atoms with Crippen LogP contribution in [0.4, 0.5) is 18.9 Å². The van der Waals surface area contributed by atoms with Crippen LogP contribution in [0.15, 0.2) is 61.2 Å². The van der Waals surface area contributed by atoms with Gasteiger partial charge in [0.05, 0.1) is 18.0 Å². The molecule has 4 aromatic rings. The maximum absolute atomic E-state index is 13.9. The molecule has 0 aliphatic carbocycles. The first-order valence-electron chi connectivity index (χ1n) is 12.5. The molecule has 0 bridgehead atoms.